The Hall–Kier alpha value is -0.450. The molecule has 0 saturated carbocycles. The van der Waals surface area contributed by atoms with Crippen LogP contribution in [0.5, 0.6) is 0 Å². The van der Waals surface area contributed by atoms with Crippen LogP contribution >= 0.6 is 15.9 Å². The molecule has 0 amide bonds. The molecule has 84 valence electrons. The monoisotopic (exact) mass is 272 g/mol. The van der Waals surface area contributed by atoms with Gasteiger partial charge in [0.15, 0.2) is 0 Å². The molecule has 3 nitrogen and oxygen atoms in total. The second-order valence-electron chi connectivity index (χ2n) is 4.01. The first-order valence-electron chi connectivity index (χ1n) is 4.99. The van der Waals surface area contributed by atoms with Crippen LogP contribution in [0.1, 0.15) is 25.8 Å². The number of ether oxygens (including phenoxy) is 1. The zero-order chi connectivity index (χ0) is 11.3. The van der Waals surface area contributed by atoms with Crippen molar-refractivity contribution >= 4 is 15.9 Å². The first kappa shape index (κ1) is 12.6. The molecule has 0 saturated heterocycles. The van der Waals surface area contributed by atoms with Crippen molar-refractivity contribution in [3.63, 3.8) is 0 Å². The van der Waals surface area contributed by atoms with Gasteiger partial charge in [0.25, 0.3) is 0 Å². The average Bonchev–Trinajstić information content (AvgIpc) is 2.18. The fraction of sp³-hybridized carbons (Fsp3) is 0.545. The van der Waals surface area contributed by atoms with Gasteiger partial charge in [-0.1, -0.05) is 6.92 Å². The summed E-state index contributed by atoms with van der Waals surface area (Å²) in [7, 11) is 0. The quantitative estimate of drug-likeness (QED) is 0.896. The van der Waals surface area contributed by atoms with Gasteiger partial charge >= 0.3 is 0 Å². The van der Waals surface area contributed by atoms with E-state index in [1.54, 1.807) is 12.4 Å². The number of halogens is 1. The lowest BCUT2D eigenvalue weighted by molar-refractivity contribution is 0.0775. The molecule has 0 aliphatic heterocycles. The second-order valence-corrected chi connectivity index (χ2v) is 4.93. The SMILES string of the molecule is CCC(C)(N)COCc1cncc(Br)c1. The highest BCUT2D eigenvalue weighted by atomic mass is 79.9. The van der Waals surface area contributed by atoms with Crippen LogP contribution in [0.4, 0.5) is 0 Å². The number of aromatic nitrogens is 1. The summed E-state index contributed by atoms with van der Waals surface area (Å²) < 4.78 is 6.51. The first-order chi connectivity index (χ1) is 7.03. The Morgan fingerprint density at radius 3 is 2.87 bits per heavy atom. The van der Waals surface area contributed by atoms with Crippen LogP contribution in [0.15, 0.2) is 22.9 Å². The Bertz CT molecular complexity index is 315. The van der Waals surface area contributed by atoms with Gasteiger partial charge in [-0.3, -0.25) is 4.98 Å². The standard InChI is InChI=1S/C11H17BrN2O/c1-3-11(2,13)8-15-7-9-4-10(12)6-14-5-9/h4-6H,3,7-8,13H2,1-2H3. The van der Waals surface area contributed by atoms with Crippen LogP contribution in [0, 0.1) is 0 Å². The summed E-state index contributed by atoms with van der Waals surface area (Å²) in [5.74, 6) is 0. The minimum Gasteiger partial charge on any atom is -0.375 e. The second kappa shape index (κ2) is 5.58. The van der Waals surface area contributed by atoms with Crippen molar-refractivity contribution in [2.24, 2.45) is 5.73 Å². The van der Waals surface area contributed by atoms with Crippen LogP contribution in [0.25, 0.3) is 0 Å². The summed E-state index contributed by atoms with van der Waals surface area (Å²) in [6.07, 6.45) is 4.46. The van der Waals surface area contributed by atoms with Gasteiger partial charge < -0.3 is 10.5 Å². The molecule has 0 fully saturated rings. The van der Waals surface area contributed by atoms with E-state index in [0.29, 0.717) is 13.2 Å². The van der Waals surface area contributed by atoms with Crippen molar-refractivity contribution in [1.82, 2.24) is 4.98 Å². The number of nitrogens with zero attached hydrogens (tertiary/aromatic N) is 1. The molecule has 4 heteroatoms. The fourth-order valence-corrected chi connectivity index (χ4v) is 1.45. The van der Waals surface area contributed by atoms with E-state index in [9.17, 15) is 0 Å². The van der Waals surface area contributed by atoms with Crippen molar-refractivity contribution in [2.75, 3.05) is 6.61 Å². The van der Waals surface area contributed by atoms with Gasteiger partial charge in [-0.25, -0.2) is 0 Å². The topological polar surface area (TPSA) is 48.1 Å². The average molecular weight is 273 g/mol. The molecule has 1 atom stereocenters. The van der Waals surface area contributed by atoms with Crippen molar-refractivity contribution in [2.45, 2.75) is 32.4 Å². The summed E-state index contributed by atoms with van der Waals surface area (Å²) >= 11 is 3.36. The highest BCUT2D eigenvalue weighted by Gasteiger charge is 2.15. The zero-order valence-corrected chi connectivity index (χ0v) is 10.8. The van der Waals surface area contributed by atoms with Crippen molar-refractivity contribution in [1.29, 1.82) is 0 Å². The molecule has 1 unspecified atom stereocenters. The molecular formula is C11H17BrN2O. The maximum Gasteiger partial charge on any atom is 0.0733 e. The lowest BCUT2D eigenvalue weighted by Gasteiger charge is -2.22. The number of hydrogen-bond acceptors (Lipinski definition) is 3. The molecule has 0 aromatic carbocycles. The lowest BCUT2D eigenvalue weighted by atomic mass is 10.0. The molecule has 1 aromatic heterocycles. The summed E-state index contributed by atoms with van der Waals surface area (Å²) in [4.78, 5) is 4.06. The van der Waals surface area contributed by atoms with Gasteiger partial charge in [0.1, 0.15) is 0 Å². The highest BCUT2D eigenvalue weighted by Crippen LogP contribution is 2.11. The molecule has 1 heterocycles. The molecule has 0 radical (unpaired) electrons. The normalized spacial score (nSPS) is 14.9. The summed E-state index contributed by atoms with van der Waals surface area (Å²) in [5, 5.41) is 0. The van der Waals surface area contributed by atoms with Crippen LogP contribution in [0.3, 0.4) is 0 Å². The molecule has 1 aromatic rings. The third-order valence-corrected chi connectivity index (χ3v) is 2.70. The number of pyridine rings is 1. The van der Waals surface area contributed by atoms with Crippen LogP contribution < -0.4 is 5.73 Å². The zero-order valence-electron chi connectivity index (χ0n) is 9.16. The molecule has 0 aliphatic carbocycles. The Balaban J connectivity index is 2.38. The molecule has 2 N–H and O–H groups in total. The number of nitrogens with two attached hydrogens (primary N) is 1. The molecule has 0 spiro atoms. The van der Waals surface area contributed by atoms with E-state index in [1.807, 2.05) is 13.0 Å². The van der Waals surface area contributed by atoms with Gasteiger partial charge in [0.2, 0.25) is 0 Å². The van der Waals surface area contributed by atoms with Gasteiger partial charge in [0.05, 0.1) is 13.2 Å². The fourth-order valence-electron chi connectivity index (χ4n) is 1.04. The predicted octanol–water partition coefficient (Wildman–Crippen LogP) is 2.49. The van der Waals surface area contributed by atoms with Gasteiger partial charge in [-0.2, -0.15) is 0 Å². The summed E-state index contributed by atoms with van der Waals surface area (Å²) in [6, 6.07) is 1.99. The third kappa shape index (κ3) is 4.73. The minimum absolute atomic E-state index is 0.237. The van der Waals surface area contributed by atoms with E-state index in [-0.39, 0.29) is 5.54 Å². The lowest BCUT2D eigenvalue weighted by Crippen LogP contribution is -2.40. The third-order valence-electron chi connectivity index (χ3n) is 2.27. The maximum atomic E-state index is 5.96. The summed E-state index contributed by atoms with van der Waals surface area (Å²) in [6.45, 7) is 5.17. The van der Waals surface area contributed by atoms with E-state index < -0.39 is 0 Å². The first-order valence-corrected chi connectivity index (χ1v) is 5.79. The van der Waals surface area contributed by atoms with E-state index in [0.717, 1.165) is 16.5 Å². The Morgan fingerprint density at radius 2 is 2.27 bits per heavy atom. The van der Waals surface area contributed by atoms with Gasteiger partial charge in [0, 0.05) is 22.4 Å². The predicted molar refractivity (Wildman–Crippen MR) is 64.5 cm³/mol. The van der Waals surface area contributed by atoms with Crippen LogP contribution in [-0.4, -0.2) is 17.1 Å². The Morgan fingerprint density at radius 1 is 1.53 bits per heavy atom. The van der Waals surface area contributed by atoms with Crippen molar-refractivity contribution < 1.29 is 4.74 Å². The van der Waals surface area contributed by atoms with Gasteiger partial charge in [-0.05, 0) is 40.9 Å². The van der Waals surface area contributed by atoms with E-state index in [1.165, 1.54) is 0 Å². The van der Waals surface area contributed by atoms with Crippen molar-refractivity contribution in [3.8, 4) is 0 Å². The van der Waals surface area contributed by atoms with Crippen LogP contribution in [-0.2, 0) is 11.3 Å². The van der Waals surface area contributed by atoms with E-state index in [4.69, 9.17) is 10.5 Å². The smallest absolute Gasteiger partial charge is 0.0733 e. The van der Waals surface area contributed by atoms with E-state index in [2.05, 4.69) is 27.8 Å². The largest absolute Gasteiger partial charge is 0.375 e. The number of hydrogen-bond donors (Lipinski definition) is 1. The maximum absolute atomic E-state index is 5.96. The molecule has 0 aliphatic rings. The Kier molecular flexibility index (Phi) is 4.70. The Labute approximate surface area is 99.2 Å². The summed E-state index contributed by atoms with van der Waals surface area (Å²) in [5.41, 5.74) is 6.78. The molecule has 0 bridgehead atoms. The molecule has 1 rings (SSSR count). The molecular weight excluding hydrogens is 256 g/mol. The minimum atomic E-state index is -0.237. The van der Waals surface area contributed by atoms with Crippen molar-refractivity contribution in [3.05, 3.63) is 28.5 Å². The van der Waals surface area contributed by atoms with Gasteiger partial charge in [-0.15, -0.1) is 0 Å². The molecule has 15 heavy (non-hydrogen) atoms. The van der Waals surface area contributed by atoms with Crippen LogP contribution in [0.2, 0.25) is 0 Å². The highest BCUT2D eigenvalue weighted by molar-refractivity contribution is 9.10. The van der Waals surface area contributed by atoms with E-state index >= 15 is 0 Å². The number of rotatable bonds is 5.